The minimum Gasteiger partial charge on any atom is -0.466 e. The monoisotopic (exact) mass is 315 g/mol. The predicted molar refractivity (Wildman–Crippen MR) is 60.8 cm³/mol. The van der Waals surface area contributed by atoms with Gasteiger partial charge in [0.05, 0.1) is 25.1 Å². The second-order valence-electron chi connectivity index (χ2n) is 3.53. The Bertz CT molecular complexity index is 493. The molecule has 112 valence electrons. The van der Waals surface area contributed by atoms with Crippen molar-refractivity contribution in [3.8, 4) is 5.75 Å². The minimum atomic E-state index is -4.99. The second kappa shape index (κ2) is 6.74. The van der Waals surface area contributed by atoms with Gasteiger partial charge < -0.3 is 9.47 Å². The highest BCUT2D eigenvalue weighted by Gasteiger charge is 2.33. The summed E-state index contributed by atoms with van der Waals surface area (Å²) >= 11 is 5.47. The van der Waals surface area contributed by atoms with Crippen LogP contribution in [0.4, 0.5) is 17.6 Å². The van der Waals surface area contributed by atoms with Gasteiger partial charge in [0.25, 0.3) is 0 Å². The molecule has 0 radical (unpaired) electrons. The van der Waals surface area contributed by atoms with Crippen LogP contribution in [0, 0.1) is 5.95 Å². The largest absolute Gasteiger partial charge is 0.573 e. The maximum atomic E-state index is 13.4. The molecule has 0 fully saturated rings. The first kappa shape index (κ1) is 16.5. The van der Waals surface area contributed by atoms with E-state index in [1.54, 1.807) is 0 Å². The Balaban J connectivity index is 3.19. The van der Waals surface area contributed by atoms with Gasteiger partial charge in [-0.2, -0.15) is 4.39 Å². The Hall–Kier alpha value is -1.57. The first-order valence-corrected chi connectivity index (χ1v) is 5.95. The van der Waals surface area contributed by atoms with Gasteiger partial charge in [0.15, 0.2) is 5.75 Å². The third-order valence-corrected chi connectivity index (χ3v) is 2.46. The van der Waals surface area contributed by atoms with E-state index in [-0.39, 0.29) is 17.7 Å². The van der Waals surface area contributed by atoms with Crippen molar-refractivity contribution >= 4 is 17.6 Å². The number of ether oxygens (including phenoxy) is 2. The average molecular weight is 316 g/mol. The average Bonchev–Trinajstić information content (AvgIpc) is 2.32. The molecule has 0 saturated carbocycles. The van der Waals surface area contributed by atoms with Crippen molar-refractivity contribution in [3.05, 3.63) is 23.3 Å². The van der Waals surface area contributed by atoms with Crippen molar-refractivity contribution in [2.45, 2.75) is 25.6 Å². The Kier molecular flexibility index (Phi) is 5.55. The highest BCUT2D eigenvalue weighted by molar-refractivity contribution is 6.17. The summed E-state index contributed by atoms with van der Waals surface area (Å²) in [5.74, 6) is -3.12. The second-order valence-corrected chi connectivity index (χ2v) is 3.80. The van der Waals surface area contributed by atoms with Crippen LogP contribution in [0.15, 0.2) is 6.20 Å². The molecule has 0 saturated heterocycles. The number of aromatic nitrogens is 1. The molecule has 0 aromatic carbocycles. The summed E-state index contributed by atoms with van der Waals surface area (Å²) in [5, 5.41) is 0. The quantitative estimate of drug-likeness (QED) is 0.363. The molecule has 0 unspecified atom stereocenters. The van der Waals surface area contributed by atoms with Crippen LogP contribution in [-0.2, 0) is 21.8 Å². The SMILES string of the molecule is CCOC(=O)Cc1c(OC(F)(F)F)cnc(F)c1CCl. The van der Waals surface area contributed by atoms with E-state index in [4.69, 9.17) is 11.6 Å². The van der Waals surface area contributed by atoms with Crippen LogP contribution in [0.5, 0.6) is 5.75 Å². The Labute approximate surface area is 116 Å². The number of nitrogens with zero attached hydrogens (tertiary/aromatic N) is 1. The zero-order valence-corrected chi connectivity index (χ0v) is 11.0. The molecule has 1 aromatic rings. The van der Waals surface area contributed by atoms with Crippen LogP contribution in [0.1, 0.15) is 18.1 Å². The number of pyridine rings is 1. The lowest BCUT2D eigenvalue weighted by molar-refractivity contribution is -0.275. The fourth-order valence-electron chi connectivity index (χ4n) is 1.44. The molecule has 0 bridgehead atoms. The maximum Gasteiger partial charge on any atom is 0.573 e. The molecule has 0 aliphatic carbocycles. The van der Waals surface area contributed by atoms with E-state index >= 15 is 0 Å². The lowest BCUT2D eigenvalue weighted by atomic mass is 10.1. The first-order chi connectivity index (χ1) is 9.28. The molecular weight excluding hydrogens is 306 g/mol. The number of carbonyl (C=O) groups is 1. The van der Waals surface area contributed by atoms with Crippen molar-refractivity contribution in [1.29, 1.82) is 0 Å². The van der Waals surface area contributed by atoms with Gasteiger partial charge in [-0.05, 0) is 6.92 Å². The van der Waals surface area contributed by atoms with Crippen molar-refractivity contribution in [3.63, 3.8) is 0 Å². The van der Waals surface area contributed by atoms with Gasteiger partial charge >= 0.3 is 12.3 Å². The van der Waals surface area contributed by atoms with Crippen molar-refractivity contribution in [2.24, 2.45) is 0 Å². The van der Waals surface area contributed by atoms with Crippen LogP contribution in [0.25, 0.3) is 0 Å². The first-order valence-electron chi connectivity index (χ1n) is 5.42. The lowest BCUT2D eigenvalue weighted by Crippen LogP contribution is -2.20. The smallest absolute Gasteiger partial charge is 0.466 e. The van der Waals surface area contributed by atoms with E-state index in [2.05, 4.69) is 14.5 Å². The van der Waals surface area contributed by atoms with Crippen molar-refractivity contribution < 1.29 is 31.8 Å². The number of carbonyl (C=O) groups excluding carboxylic acids is 1. The number of hydrogen-bond donors (Lipinski definition) is 0. The zero-order valence-electron chi connectivity index (χ0n) is 10.3. The molecule has 0 amide bonds. The Morgan fingerprint density at radius 1 is 1.40 bits per heavy atom. The normalized spacial score (nSPS) is 11.3. The third-order valence-electron chi connectivity index (χ3n) is 2.19. The summed E-state index contributed by atoms with van der Waals surface area (Å²) in [4.78, 5) is 14.5. The summed E-state index contributed by atoms with van der Waals surface area (Å²) in [5.41, 5.74) is -0.662. The summed E-state index contributed by atoms with van der Waals surface area (Å²) in [6, 6.07) is 0. The molecule has 0 N–H and O–H groups in total. The molecule has 1 heterocycles. The van der Waals surface area contributed by atoms with Crippen LogP contribution in [0.2, 0.25) is 0 Å². The zero-order chi connectivity index (χ0) is 15.3. The molecule has 0 spiro atoms. The van der Waals surface area contributed by atoms with Crippen LogP contribution >= 0.6 is 11.6 Å². The van der Waals surface area contributed by atoms with E-state index in [1.165, 1.54) is 6.92 Å². The molecule has 9 heteroatoms. The maximum absolute atomic E-state index is 13.4. The highest BCUT2D eigenvalue weighted by atomic mass is 35.5. The van der Waals surface area contributed by atoms with Crippen molar-refractivity contribution in [1.82, 2.24) is 4.98 Å². The van der Waals surface area contributed by atoms with Gasteiger partial charge in [-0.3, -0.25) is 4.79 Å². The summed E-state index contributed by atoms with van der Waals surface area (Å²) in [6.45, 7) is 1.57. The predicted octanol–water partition coefficient (Wildman–Crippen LogP) is 2.96. The molecular formula is C11H10ClF4NO3. The highest BCUT2D eigenvalue weighted by Crippen LogP contribution is 2.30. The van der Waals surface area contributed by atoms with E-state index in [1.807, 2.05) is 0 Å². The van der Waals surface area contributed by atoms with Crippen LogP contribution in [-0.4, -0.2) is 23.9 Å². The number of halogens is 5. The third kappa shape index (κ3) is 4.52. The molecule has 4 nitrogen and oxygen atoms in total. The Morgan fingerprint density at radius 2 is 2.05 bits per heavy atom. The number of rotatable bonds is 5. The van der Waals surface area contributed by atoms with E-state index in [0.29, 0.717) is 6.20 Å². The molecule has 0 aliphatic rings. The molecule has 1 aromatic heterocycles. The van der Waals surface area contributed by atoms with Gasteiger partial charge in [0.1, 0.15) is 0 Å². The summed E-state index contributed by atoms with van der Waals surface area (Å²) in [6.07, 6.45) is -5.04. The van der Waals surface area contributed by atoms with Gasteiger partial charge in [-0.1, -0.05) is 0 Å². The van der Waals surface area contributed by atoms with Gasteiger partial charge in [0, 0.05) is 11.1 Å². The fraction of sp³-hybridized carbons (Fsp3) is 0.455. The van der Waals surface area contributed by atoms with E-state index in [0.717, 1.165) is 0 Å². The van der Waals surface area contributed by atoms with Crippen LogP contribution in [0.3, 0.4) is 0 Å². The summed E-state index contributed by atoms with van der Waals surface area (Å²) in [7, 11) is 0. The topological polar surface area (TPSA) is 48.4 Å². The van der Waals surface area contributed by atoms with E-state index < -0.39 is 36.3 Å². The fourth-order valence-corrected chi connectivity index (χ4v) is 1.71. The van der Waals surface area contributed by atoms with Crippen LogP contribution < -0.4 is 4.74 Å². The van der Waals surface area contributed by atoms with Gasteiger partial charge in [-0.15, -0.1) is 24.8 Å². The number of alkyl halides is 4. The molecule has 20 heavy (non-hydrogen) atoms. The Morgan fingerprint density at radius 3 is 2.55 bits per heavy atom. The lowest BCUT2D eigenvalue weighted by Gasteiger charge is -2.15. The van der Waals surface area contributed by atoms with E-state index in [9.17, 15) is 22.4 Å². The molecule has 0 aliphatic heterocycles. The summed E-state index contributed by atoms with van der Waals surface area (Å²) < 4.78 is 58.5. The van der Waals surface area contributed by atoms with Gasteiger partial charge in [0.2, 0.25) is 5.95 Å². The minimum absolute atomic E-state index is 0.0398. The van der Waals surface area contributed by atoms with Crippen molar-refractivity contribution in [2.75, 3.05) is 6.61 Å². The number of hydrogen-bond acceptors (Lipinski definition) is 4. The number of esters is 1. The molecule has 0 atom stereocenters. The molecule has 1 rings (SSSR count). The standard InChI is InChI=1S/C11H10ClF4NO3/c1-2-19-9(18)3-6-7(4-12)10(13)17-5-8(6)20-11(14,15)16/h5H,2-4H2,1H3. The van der Waals surface area contributed by atoms with Gasteiger partial charge in [-0.25, -0.2) is 4.98 Å².